The lowest BCUT2D eigenvalue weighted by molar-refractivity contribution is 0.0922. The van der Waals surface area contributed by atoms with Gasteiger partial charge in [0, 0.05) is 38.0 Å². The van der Waals surface area contributed by atoms with Crippen molar-refractivity contribution in [3.8, 4) is 5.69 Å². The van der Waals surface area contributed by atoms with Crippen LogP contribution in [0.3, 0.4) is 0 Å². The molecule has 3 heterocycles. The Morgan fingerprint density at radius 3 is 2.47 bits per heavy atom. The van der Waals surface area contributed by atoms with Crippen molar-refractivity contribution in [1.29, 1.82) is 0 Å². The van der Waals surface area contributed by atoms with Crippen LogP contribution in [0.4, 0.5) is 28.2 Å². The van der Waals surface area contributed by atoms with E-state index in [0.717, 1.165) is 23.6 Å². The number of benzene rings is 1. The summed E-state index contributed by atoms with van der Waals surface area (Å²) in [6, 6.07) is 2.22. The number of aliphatic hydroxyl groups excluding tert-OH is 1. The van der Waals surface area contributed by atoms with Crippen molar-refractivity contribution >= 4 is 28.8 Å². The van der Waals surface area contributed by atoms with Gasteiger partial charge >= 0.3 is 6.03 Å². The molecule has 0 bridgehead atoms. The quantitative estimate of drug-likeness (QED) is 0.433. The molecule has 38 heavy (non-hydrogen) atoms. The number of halogens is 4. The van der Waals surface area contributed by atoms with Crippen LogP contribution in [0.5, 0.6) is 0 Å². The summed E-state index contributed by atoms with van der Waals surface area (Å²) < 4.78 is 57.7. The van der Waals surface area contributed by atoms with Gasteiger partial charge in [0.25, 0.3) is 5.91 Å². The van der Waals surface area contributed by atoms with Crippen molar-refractivity contribution in [2.75, 3.05) is 37.8 Å². The first-order valence-corrected chi connectivity index (χ1v) is 12.0. The van der Waals surface area contributed by atoms with Gasteiger partial charge in [-0.15, -0.1) is 0 Å². The molecule has 1 saturated carbocycles. The minimum absolute atomic E-state index is 0.0578. The van der Waals surface area contributed by atoms with Gasteiger partial charge in [0.15, 0.2) is 17.3 Å². The van der Waals surface area contributed by atoms with Crippen LogP contribution >= 0.6 is 0 Å². The van der Waals surface area contributed by atoms with Gasteiger partial charge in [-0.1, -0.05) is 0 Å². The Labute approximate surface area is 213 Å². The third-order valence-corrected chi connectivity index (χ3v) is 6.72. The van der Waals surface area contributed by atoms with E-state index in [1.54, 1.807) is 0 Å². The SMILES string of the molecule is O=C(N[C@H](CF)C1CC1)c1cn(-c2c(F)cc(F)cc2F)c2nc(N3CCN(CCO)C3=O)ccc2c1=O. The largest absolute Gasteiger partial charge is 0.395 e. The summed E-state index contributed by atoms with van der Waals surface area (Å²) in [5, 5.41) is 11.4. The molecule has 0 spiro atoms. The number of urea groups is 1. The van der Waals surface area contributed by atoms with E-state index in [4.69, 9.17) is 5.11 Å². The summed E-state index contributed by atoms with van der Waals surface area (Å²) in [7, 11) is 0. The maximum absolute atomic E-state index is 14.9. The molecule has 1 saturated heterocycles. The maximum Gasteiger partial charge on any atom is 0.325 e. The number of fused-ring (bicyclic) bond motifs is 1. The van der Waals surface area contributed by atoms with Crippen LogP contribution in [0.2, 0.25) is 0 Å². The number of hydrogen-bond donors (Lipinski definition) is 2. The molecule has 0 radical (unpaired) electrons. The number of nitrogens with one attached hydrogen (secondary N) is 1. The van der Waals surface area contributed by atoms with Gasteiger partial charge in [-0.05, 0) is 30.9 Å². The van der Waals surface area contributed by atoms with Crippen LogP contribution in [-0.2, 0) is 0 Å². The lowest BCUT2D eigenvalue weighted by Crippen LogP contribution is -2.40. The van der Waals surface area contributed by atoms with Gasteiger partial charge in [-0.2, -0.15) is 0 Å². The Bertz CT molecular complexity index is 1470. The van der Waals surface area contributed by atoms with Crippen molar-refractivity contribution in [3.05, 3.63) is 63.7 Å². The molecule has 0 unspecified atom stereocenters. The molecule has 1 aliphatic heterocycles. The molecule has 2 N–H and O–H groups in total. The number of carbonyl (C=O) groups is 2. The standard InChI is InChI=1S/C25H23F4N5O4/c26-11-19(13-1-2-13)30-24(37)16-12-34(21-17(28)9-14(27)10-18(21)29)23-15(22(16)36)3-4-20(31-23)33-6-5-32(7-8-35)25(33)38/h3-4,9-10,12-13,19,35H,1-2,5-8,11H2,(H,30,37)/t19-/m1/s1. The highest BCUT2D eigenvalue weighted by Crippen LogP contribution is 2.33. The van der Waals surface area contributed by atoms with Crippen molar-refractivity contribution in [2.45, 2.75) is 18.9 Å². The van der Waals surface area contributed by atoms with Gasteiger partial charge in [-0.3, -0.25) is 19.1 Å². The van der Waals surface area contributed by atoms with Crippen LogP contribution in [0.15, 0.2) is 35.3 Å². The van der Waals surface area contributed by atoms with E-state index in [1.807, 2.05) is 0 Å². The molecule has 1 atom stereocenters. The van der Waals surface area contributed by atoms with Gasteiger partial charge in [0.1, 0.15) is 29.6 Å². The molecule has 3 aromatic rings. The number of hydrogen-bond acceptors (Lipinski definition) is 5. The summed E-state index contributed by atoms with van der Waals surface area (Å²) in [6.07, 6.45) is 2.32. The highest BCUT2D eigenvalue weighted by atomic mass is 19.1. The average molecular weight is 533 g/mol. The molecule has 9 nitrogen and oxygen atoms in total. The number of carbonyl (C=O) groups excluding carboxylic acids is 2. The molecule has 2 aliphatic rings. The minimum Gasteiger partial charge on any atom is -0.395 e. The third kappa shape index (κ3) is 4.57. The number of amides is 3. The summed E-state index contributed by atoms with van der Waals surface area (Å²) in [6.45, 7) is -0.501. The molecule has 13 heteroatoms. The molecule has 1 aromatic carbocycles. The van der Waals surface area contributed by atoms with E-state index in [2.05, 4.69) is 10.3 Å². The first-order valence-electron chi connectivity index (χ1n) is 12.0. The highest BCUT2D eigenvalue weighted by molar-refractivity contribution is 5.98. The topological polar surface area (TPSA) is 108 Å². The van der Waals surface area contributed by atoms with Crippen LogP contribution in [0.25, 0.3) is 16.7 Å². The first kappa shape index (κ1) is 25.6. The van der Waals surface area contributed by atoms with E-state index in [9.17, 15) is 31.9 Å². The van der Waals surface area contributed by atoms with Crippen molar-refractivity contribution < 1.29 is 32.3 Å². The van der Waals surface area contributed by atoms with E-state index in [1.165, 1.54) is 21.9 Å². The molecule has 3 amide bonds. The lowest BCUT2D eigenvalue weighted by atomic mass is 10.1. The summed E-state index contributed by atoms with van der Waals surface area (Å²) in [5.74, 6) is -4.76. The molecule has 2 aromatic heterocycles. The number of aliphatic hydroxyl groups is 1. The molecular weight excluding hydrogens is 510 g/mol. The smallest absolute Gasteiger partial charge is 0.325 e. The summed E-state index contributed by atoms with van der Waals surface area (Å²) in [5.41, 5.74) is -2.42. The van der Waals surface area contributed by atoms with E-state index >= 15 is 0 Å². The second-order valence-electron chi connectivity index (χ2n) is 9.22. The second kappa shape index (κ2) is 10.0. The Morgan fingerprint density at radius 2 is 1.84 bits per heavy atom. The monoisotopic (exact) mass is 533 g/mol. The van der Waals surface area contributed by atoms with Crippen LogP contribution in [0, 0.1) is 23.4 Å². The average Bonchev–Trinajstić information content (AvgIpc) is 3.66. The zero-order valence-corrected chi connectivity index (χ0v) is 20.0. The Morgan fingerprint density at radius 1 is 1.13 bits per heavy atom. The fraction of sp³-hybridized carbons (Fsp3) is 0.360. The number of anilines is 1. The number of nitrogens with zero attached hydrogens (tertiary/aromatic N) is 4. The van der Waals surface area contributed by atoms with Gasteiger partial charge in [0.2, 0.25) is 5.43 Å². The third-order valence-electron chi connectivity index (χ3n) is 6.72. The van der Waals surface area contributed by atoms with Crippen molar-refractivity contribution in [2.24, 2.45) is 5.92 Å². The fourth-order valence-electron chi connectivity index (χ4n) is 4.59. The predicted octanol–water partition coefficient (Wildman–Crippen LogP) is 2.52. The molecule has 5 rings (SSSR count). The fourth-order valence-corrected chi connectivity index (χ4v) is 4.59. The van der Waals surface area contributed by atoms with Gasteiger partial charge in [-0.25, -0.2) is 27.3 Å². The van der Waals surface area contributed by atoms with Crippen LogP contribution < -0.4 is 15.6 Å². The molecule has 200 valence electrons. The van der Waals surface area contributed by atoms with E-state index in [-0.39, 0.29) is 42.5 Å². The molecule has 1 aliphatic carbocycles. The number of alkyl halides is 1. The van der Waals surface area contributed by atoms with Gasteiger partial charge < -0.3 is 15.3 Å². The van der Waals surface area contributed by atoms with E-state index < -0.39 is 58.8 Å². The first-order chi connectivity index (χ1) is 18.2. The predicted molar refractivity (Wildman–Crippen MR) is 129 cm³/mol. The number of aromatic nitrogens is 2. The number of pyridine rings is 2. The molecular formula is C25H23F4N5O4. The Kier molecular flexibility index (Phi) is 6.78. The van der Waals surface area contributed by atoms with Crippen molar-refractivity contribution in [1.82, 2.24) is 19.8 Å². The number of β-amino-alcohol motifs (C(OH)–C–C–N with tert-alkyl or cyclic N) is 1. The van der Waals surface area contributed by atoms with E-state index in [0.29, 0.717) is 18.7 Å². The maximum atomic E-state index is 14.9. The zero-order valence-electron chi connectivity index (χ0n) is 20.0. The summed E-state index contributed by atoms with van der Waals surface area (Å²) in [4.78, 5) is 46.0. The number of rotatable bonds is 8. The highest BCUT2D eigenvalue weighted by Gasteiger charge is 2.34. The molecule has 2 fully saturated rings. The second-order valence-corrected chi connectivity index (χ2v) is 9.22. The minimum atomic E-state index is -1.32. The summed E-state index contributed by atoms with van der Waals surface area (Å²) >= 11 is 0. The Balaban J connectivity index is 1.67. The zero-order chi connectivity index (χ0) is 27.1. The van der Waals surface area contributed by atoms with Gasteiger partial charge in [0.05, 0.1) is 18.0 Å². The lowest BCUT2D eigenvalue weighted by Gasteiger charge is -2.20. The van der Waals surface area contributed by atoms with Crippen LogP contribution in [0.1, 0.15) is 23.2 Å². The Hall–Kier alpha value is -4.00. The van der Waals surface area contributed by atoms with Crippen molar-refractivity contribution in [3.63, 3.8) is 0 Å². The van der Waals surface area contributed by atoms with Crippen LogP contribution in [-0.4, -0.2) is 70.5 Å². The normalized spacial score (nSPS) is 16.4.